The molecular weight excluding hydrogens is 1100 g/mol. The third-order valence-electron chi connectivity index (χ3n) is 19.4. The molecule has 4 amide bonds. The number of anilines is 4. The monoisotopic (exact) mass is 1180 g/mol. The number of aromatic amines is 2. The van der Waals surface area contributed by atoms with Gasteiger partial charge in [0, 0.05) is 79.1 Å². The van der Waals surface area contributed by atoms with Gasteiger partial charge in [0.1, 0.15) is 23.0 Å². The molecule has 0 unspecified atom stereocenters. The van der Waals surface area contributed by atoms with Crippen LogP contribution in [0.5, 0.6) is 23.0 Å². The van der Waals surface area contributed by atoms with Crippen molar-refractivity contribution < 1.29 is 38.1 Å². The Kier molecular flexibility index (Phi) is 14.0. The largest absolute Gasteiger partial charge is 0.496 e. The van der Waals surface area contributed by atoms with Crippen LogP contribution in [0.25, 0.3) is 78.7 Å². The number of ether oxygens (including phenoxy) is 4. The second-order valence-corrected chi connectivity index (χ2v) is 27.3. The van der Waals surface area contributed by atoms with Crippen molar-refractivity contribution in [1.82, 2.24) is 19.9 Å². The average molecular weight is 1180 g/mol. The Morgan fingerprint density at radius 2 is 0.636 bits per heavy atom. The summed E-state index contributed by atoms with van der Waals surface area (Å²) < 4.78 is 24.8. The number of hydrogen-bond donors (Lipinski definition) is 6. The van der Waals surface area contributed by atoms with Crippen molar-refractivity contribution in [2.45, 2.75) is 93.9 Å². The maximum absolute atomic E-state index is 14.4. The molecule has 4 atom stereocenters. The molecule has 16 heteroatoms. The van der Waals surface area contributed by atoms with Gasteiger partial charge >= 0.3 is 0 Å². The molecule has 4 aromatic carbocycles. The lowest BCUT2D eigenvalue weighted by molar-refractivity contribution is -0.118. The molecule has 13 rings (SSSR count). The van der Waals surface area contributed by atoms with Crippen LogP contribution < -0.4 is 40.2 Å². The van der Waals surface area contributed by atoms with Crippen molar-refractivity contribution >= 4 is 80.6 Å². The molecule has 5 heterocycles. The topological polar surface area (TPSA) is 211 Å². The number of fused-ring (bicyclic) bond motifs is 8. The zero-order valence-corrected chi connectivity index (χ0v) is 52.1. The van der Waals surface area contributed by atoms with Gasteiger partial charge in [-0.3, -0.25) is 24.2 Å². The fraction of sp³-hybridized carbons (Fsp3) is 0.361. The summed E-state index contributed by atoms with van der Waals surface area (Å²) in [6, 6.07) is 30.6. The van der Waals surface area contributed by atoms with Gasteiger partial charge < -0.3 is 50.2 Å². The first-order chi connectivity index (χ1) is 42.0. The number of methoxy groups -OCH3 is 4. The molecule has 6 aliphatic rings. The van der Waals surface area contributed by atoms with Crippen LogP contribution in [0.15, 0.2) is 97.1 Å². The molecule has 0 spiro atoms. The predicted molar refractivity (Wildman–Crippen MR) is 347 cm³/mol. The van der Waals surface area contributed by atoms with Gasteiger partial charge in [-0.1, -0.05) is 79.7 Å². The summed E-state index contributed by atoms with van der Waals surface area (Å²) >= 11 is 0. The molecule has 0 saturated heterocycles. The first-order valence-corrected chi connectivity index (χ1v) is 30.4. The number of hydrogen-bond acceptors (Lipinski definition) is 10. The summed E-state index contributed by atoms with van der Waals surface area (Å²) in [7, 11) is 6.51. The normalized spacial score (nSPS) is 20.0. The Labute approximate surface area is 512 Å². The molecule has 4 fully saturated rings. The van der Waals surface area contributed by atoms with E-state index < -0.39 is 0 Å². The van der Waals surface area contributed by atoms with Crippen molar-refractivity contribution in [3.05, 3.63) is 120 Å². The fourth-order valence-corrected chi connectivity index (χ4v) is 13.4. The summed E-state index contributed by atoms with van der Waals surface area (Å²) in [4.78, 5) is 76.9. The summed E-state index contributed by atoms with van der Waals surface area (Å²) in [6.45, 7) is 16.8. The van der Waals surface area contributed by atoms with E-state index >= 15 is 0 Å². The highest BCUT2D eigenvalue weighted by molar-refractivity contribution is 6.11. The van der Waals surface area contributed by atoms with Crippen molar-refractivity contribution in [2.24, 2.45) is 45.3 Å². The Morgan fingerprint density at radius 3 is 0.943 bits per heavy atom. The van der Waals surface area contributed by atoms with Crippen LogP contribution in [0.2, 0.25) is 0 Å². The Morgan fingerprint density at radius 1 is 0.375 bits per heavy atom. The zero-order valence-electron chi connectivity index (χ0n) is 52.1. The molecular formula is C72H76N8O8. The van der Waals surface area contributed by atoms with E-state index in [1.807, 2.05) is 109 Å². The maximum atomic E-state index is 14.4. The molecule has 88 heavy (non-hydrogen) atoms. The summed E-state index contributed by atoms with van der Waals surface area (Å²) in [5.74, 6) is 0.860. The highest BCUT2D eigenvalue weighted by Crippen LogP contribution is 2.57. The standard InChI is InChI=1S/C72H76N8O8/c1-69(2)33-37(69)65(81)77-41-17-13-18-42(78-66(82)38-34-70(38,3)4)57(41)59-45-25-29-49(73-45)61(63-53(85-9)21-15-22-54(63)86-10)51-31-27-47(75-51)60(48-28-32-52(76-48)62(50-30-26-46(59)74-50)64-55(87-11)23-16-24-56(64)88-12)58-43(79-67(83)39-35-71(39,5)6)19-14-20-44(58)80-68(84)40-36-72(40,7)8/h13-27,29-31,37-40,74-75H,28,32-36H2,1-12H3,(H,77,81)(H,78,82)(H,79,83)(H,80,84)/t37-,38+,39-,40+. The van der Waals surface area contributed by atoms with Gasteiger partial charge in [0.05, 0.1) is 85.1 Å². The zero-order chi connectivity index (χ0) is 61.9. The van der Waals surface area contributed by atoms with Crippen LogP contribution in [0.4, 0.5) is 22.7 Å². The molecule has 4 aliphatic carbocycles. The lowest BCUT2D eigenvalue weighted by Gasteiger charge is -2.19. The number of rotatable bonds is 16. The first kappa shape index (κ1) is 57.9. The number of aryl methyl sites for hydroxylation is 2. The minimum Gasteiger partial charge on any atom is -0.496 e. The average Bonchev–Trinajstić information content (AvgIpc) is 1.85. The molecule has 3 aromatic heterocycles. The molecule has 6 N–H and O–H groups in total. The van der Waals surface area contributed by atoms with E-state index in [1.165, 1.54) is 0 Å². The maximum Gasteiger partial charge on any atom is 0.228 e. The van der Waals surface area contributed by atoms with Crippen molar-refractivity contribution in [2.75, 3.05) is 49.7 Å². The second-order valence-electron chi connectivity index (χ2n) is 27.3. The summed E-state index contributed by atoms with van der Waals surface area (Å²) in [5, 5.41) is 13.4. The van der Waals surface area contributed by atoms with Crippen LogP contribution in [0.1, 0.15) is 104 Å². The molecule has 0 radical (unpaired) electrons. The van der Waals surface area contributed by atoms with Crippen LogP contribution in [0, 0.1) is 45.3 Å². The highest BCUT2D eigenvalue weighted by Gasteiger charge is 2.53. The van der Waals surface area contributed by atoms with E-state index in [0.717, 1.165) is 25.7 Å². The lowest BCUT2D eigenvalue weighted by Crippen LogP contribution is -2.19. The third kappa shape index (κ3) is 10.3. The molecule has 7 aromatic rings. The van der Waals surface area contributed by atoms with Gasteiger partial charge in [-0.15, -0.1) is 0 Å². The number of amides is 4. The summed E-state index contributed by atoms with van der Waals surface area (Å²) in [5.41, 5.74) is 11.4. The number of nitrogens with zero attached hydrogens (tertiary/aromatic N) is 2. The Hall–Kier alpha value is -9.18. The van der Waals surface area contributed by atoms with E-state index in [1.54, 1.807) is 28.4 Å². The number of benzene rings is 4. The van der Waals surface area contributed by atoms with Gasteiger partial charge in [-0.05, 0) is 145 Å². The van der Waals surface area contributed by atoms with Gasteiger partial charge in [-0.2, -0.15) is 0 Å². The van der Waals surface area contributed by atoms with Gasteiger partial charge in [0.25, 0.3) is 0 Å². The highest BCUT2D eigenvalue weighted by atomic mass is 16.5. The summed E-state index contributed by atoms with van der Waals surface area (Å²) in [6.07, 6.45) is 7.76. The van der Waals surface area contributed by atoms with Crippen molar-refractivity contribution in [3.63, 3.8) is 0 Å². The Bertz CT molecular complexity index is 4160. The number of carbonyl (C=O) groups excluding carboxylic acids is 4. The van der Waals surface area contributed by atoms with Crippen LogP contribution >= 0.6 is 0 Å². The van der Waals surface area contributed by atoms with Crippen molar-refractivity contribution in [3.8, 4) is 67.5 Å². The van der Waals surface area contributed by atoms with E-state index in [0.29, 0.717) is 148 Å². The minimum absolute atomic E-state index is 0.104. The van der Waals surface area contributed by atoms with E-state index in [2.05, 4.69) is 86.6 Å². The van der Waals surface area contributed by atoms with Crippen LogP contribution in [0.3, 0.4) is 0 Å². The quantitative estimate of drug-likeness (QED) is 0.0539. The molecule has 16 nitrogen and oxygen atoms in total. The van der Waals surface area contributed by atoms with Crippen molar-refractivity contribution in [1.29, 1.82) is 0 Å². The number of H-pyrrole nitrogens is 2. The third-order valence-corrected chi connectivity index (χ3v) is 19.4. The second kappa shape index (κ2) is 21.3. The lowest BCUT2D eigenvalue weighted by atomic mass is 9.97. The van der Waals surface area contributed by atoms with Crippen LogP contribution in [-0.2, 0) is 32.0 Å². The molecule has 452 valence electrons. The van der Waals surface area contributed by atoms with Gasteiger partial charge in [0.2, 0.25) is 23.6 Å². The fourth-order valence-electron chi connectivity index (χ4n) is 13.4. The van der Waals surface area contributed by atoms with E-state index in [4.69, 9.17) is 28.9 Å². The minimum atomic E-state index is -0.213. The SMILES string of the molecule is COc1cccc(OC)c1-c1c2nc(c(-c3c(NC(=O)[C@H]4CC4(C)C)cccc3NC(=O)[C@@H]3CC3(C)C)c3ccc([nH]3)c(-c3c(OC)cccc3OC)c3nc(c(-c4c(NC(=O)[C@H]5CC5(C)C)cccc4NC(=O)[C@@H]4CC4(C)C)c4ccc1[nH]4)CC3)C=C2. The van der Waals surface area contributed by atoms with E-state index in [9.17, 15) is 19.2 Å². The van der Waals surface area contributed by atoms with Gasteiger partial charge in [0.15, 0.2) is 0 Å². The predicted octanol–water partition coefficient (Wildman–Crippen LogP) is 14.9. The van der Waals surface area contributed by atoms with Gasteiger partial charge in [-0.25, -0.2) is 4.98 Å². The molecule has 4 saturated carbocycles. The number of aromatic nitrogens is 4. The smallest absolute Gasteiger partial charge is 0.228 e. The number of nitrogens with one attached hydrogen (secondary N) is 6. The Balaban J connectivity index is 1.18. The van der Waals surface area contributed by atoms with E-state index in [-0.39, 0.29) is 69.0 Å². The number of carbonyl (C=O) groups is 4. The molecule has 8 bridgehead atoms. The molecule has 2 aliphatic heterocycles. The van der Waals surface area contributed by atoms with Crippen LogP contribution in [-0.4, -0.2) is 72.0 Å². The first-order valence-electron chi connectivity index (χ1n) is 30.4.